The van der Waals surface area contributed by atoms with Crippen LogP contribution in [0.3, 0.4) is 0 Å². The molecule has 0 fully saturated rings. The predicted octanol–water partition coefficient (Wildman–Crippen LogP) is 3.66. The second kappa shape index (κ2) is 7.65. The van der Waals surface area contributed by atoms with Crippen molar-refractivity contribution < 1.29 is 9.59 Å². The Labute approximate surface area is 140 Å². The normalized spacial score (nSPS) is 10.0. The third-order valence-corrected chi connectivity index (χ3v) is 3.52. The van der Waals surface area contributed by atoms with E-state index in [1.807, 2.05) is 13.0 Å². The maximum atomic E-state index is 11.9. The van der Waals surface area contributed by atoms with Crippen molar-refractivity contribution in [3.8, 4) is 0 Å². The summed E-state index contributed by atoms with van der Waals surface area (Å²) in [5, 5.41) is 9.08. The fourth-order valence-electron chi connectivity index (χ4n) is 1.93. The zero-order valence-electron chi connectivity index (χ0n) is 12.9. The SMILES string of the molecule is CC(=O)Nc1ccc(NCC(=O)Nc2ccc(C)c(Cl)c2)cc1. The lowest BCUT2D eigenvalue weighted by Crippen LogP contribution is -2.21. The number of halogens is 1. The van der Waals surface area contributed by atoms with Crippen LogP contribution in [0, 0.1) is 6.92 Å². The molecule has 0 aromatic heterocycles. The van der Waals surface area contributed by atoms with Crippen LogP contribution in [0.1, 0.15) is 12.5 Å². The second-order valence-corrected chi connectivity index (χ2v) is 5.53. The van der Waals surface area contributed by atoms with Crippen molar-refractivity contribution in [2.45, 2.75) is 13.8 Å². The van der Waals surface area contributed by atoms with Gasteiger partial charge in [-0.25, -0.2) is 0 Å². The van der Waals surface area contributed by atoms with Crippen molar-refractivity contribution in [1.29, 1.82) is 0 Å². The Bertz CT molecular complexity index is 714. The minimum Gasteiger partial charge on any atom is -0.376 e. The van der Waals surface area contributed by atoms with E-state index in [2.05, 4.69) is 16.0 Å². The van der Waals surface area contributed by atoms with Crippen LogP contribution >= 0.6 is 11.6 Å². The lowest BCUT2D eigenvalue weighted by atomic mass is 10.2. The molecule has 23 heavy (non-hydrogen) atoms. The quantitative estimate of drug-likeness (QED) is 0.783. The van der Waals surface area contributed by atoms with Crippen LogP contribution in [0.5, 0.6) is 0 Å². The molecule has 0 radical (unpaired) electrons. The number of carbonyl (C=O) groups is 2. The number of hydrogen-bond acceptors (Lipinski definition) is 3. The number of benzene rings is 2. The van der Waals surface area contributed by atoms with E-state index < -0.39 is 0 Å². The molecule has 0 unspecified atom stereocenters. The third-order valence-electron chi connectivity index (χ3n) is 3.11. The number of carbonyl (C=O) groups excluding carboxylic acids is 2. The highest BCUT2D eigenvalue weighted by Gasteiger charge is 2.04. The first-order chi connectivity index (χ1) is 10.9. The van der Waals surface area contributed by atoms with Gasteiger partial charge in [-0.3, -0.25) is 9.59 Å². The van der Waals surface area contributed by atoms with Crippen LogP contribution in [-0.2, 0) is 9.59 Å². The molecule has 3 N–H and O–H groups in total. The standard InChI is InChI=1S/C17H18ClN3O2/c1-11-3-4-15(9-16(11)18)21-17(23)10-19-13-5-7-14(8-6-13)20-12(2)22/h3-9,19H,10H2,1-2H3,(H,20,22)(H,21,23). The van der Waals surface area contributed by atoms with Crippen LogP contribution in [-0.4, -0.2) is 18.4 Å². The summed E-state index contributed by atoms with van der Waals surface area (Å²) >= 11 is 6.02. The van der Waals surface area contributed by atoms with E-state index in [9.17, 15) is 9.59 Å². The highest BCUT2D eigenvalue weighted by molar-refractivity contribution is 6.31. The number of nitrogens with one attached hydrogen (secondary N) is 3. The maximum Gasteiger partial charge on any atom is 0.243 e. The van der Waals surface area contributed by atoms with E-state index in [-0.39, 0.29) is 18.4 Å². The van der Waals surface area contributed by atoms with Crippen LogP contribution < -0.4 is 16.0 Å². The van der Waals surface area contributed by atoms with Crippen molar-refractivity contribution in [2.24, 2.45) is 0 Å². The molecule has 2 amide bonds. The number of anilines is 3. The number of amides is 2. The first kappa shape index (κ1) is 16.8. The summed E-state index contributed by atoms with van der Waals surface area (Å²) in [5.41, 5.74) is 3.12. The van der Waals surface area contributed by atoms with Gasteiger partial charge >= 0.3 is 0 Å². The van der Waals surface area contributed by atoms with E-state index in [4.69, 9.17) is 11.6 Å². The summed E-state index contributed by atoms with van der Waals surface area (Å²) in [6.07, 6.45) is 0. The summed E-state index contributed by atoms with van der Waals surface area (Å²) in [4.78, 5) is 22.9. The molecular weight excluding hydrogens is 314 g/mol. The fraction of sp³-hybridized carbons (Fsp3) is 0.176. The largest absolute Gasteiger partial charge is 0.376 e. The van der Waals surface area contributed by atoms with E-state index >= 15 is 0 Å². The first-order valence-corrected chi connectivity index (χ1v) is 7.49. The van der Waals surface area contributed by atoms with Gasteiger partial charge in [-0.2, -0.15) is 0 Å². The topological polar surface area (TPSA) is 70.2 Å². The molecular formula is C17H18ClN3O2. The number of aryl methyl sites for hydroxylation is 1. The molecule has 0 aliphatic carbocycles. The van der Waals surface area contributed by atoms with Crippen molar-refractivity contribution in [2.75, 3.05) is 22.5 Å². The summed E-state index contributed by atoms with van der Waals surface area (Å²) < 4.78 is 0. The summed E-state index contributed by atoms with van der Waals surface area (Å²) in [7, 11) is 0. The molecule has 2 aromatic rings. The van der Waals surface area contributed by atoms with Crippen molar-refractivity contribution in [3.63, 3.8) is 0 Å². The fourth-order valence-corrected chi connectivity index (χ4v) is 2.11. The van der Waals surface area contributed by atoms with Gasteiger partial charge in [-0.05, 0) is 48.9 Å². The van der Waals surface area contributed by atoms with E-state index in [0.717, 1.165) is 11.3 Å². The molecule has 0 heterocycles. The summed E-state index contributed by atoms with van der Waals surface area (Å²) in [5.74, 6) is -0.294. The molecule has 5 nitrogen and oxygen atoms in total. The Balaban J connectivity index is 1.86. The number of hydrogen-bond donors (Lipinski definition) is 3. The van der Waals surface area contributed by atoms with E-state index in [1.165, 1.54) is 6.92 Å². The lowest BCUT2D eigenvalue weighted by molar-refractivity contribution is -0.115. The van der Waals surface area contributed by atoms with E-state index in [1.54, 1.807) is 36.4 Å². The minimum absolute atomic E-state index is 0.123. The second-order valence-electron chi connectivity index (χ2n) is 5.12. The third kappa shape index (κ3) is 5.30. The minimum atomic E-state index is -0.171. The van der Waals surface area contributed by atoms with Gasteiger partial charge in [0, 0.05) is 29.0 Å². The van der Waals surface area contributed by atoms with Crippen molar-refractivity contribution in [3.05, 3.63) is 53.1 Å². The van der Waals surface area contributed by atoms with Gasteiger partial charge < -0.3 is 16.0 Å². The molecule has 120 valence electrons. The molecule has 0 atom stereocenters. The van der Waals surface area contributed by atoms with Crippen LogP contribution in [0.4, 0.5) is 17.1 Å². The summed E-state index contributed by atoms with van der Waals surface area (Å²) in [6.45, 7) is 3.49. The average molecular weight is 332 g/mol. The Hall–Kier alpha value is -2.53. The number of rotatable bonds is 5. The highest BCUT2D eigenvalue weighted by Crippen LogP contribution is 2.20. The molecule has 6 heteroatoms. The Morgan fingerprint density at radius 3 is 2.17 bits per heavy atom. The zero-order valence-corrected chi connectivity index (χ0v) is 13.7. The van der Waals surface area contributed by atoms with E-state index in [0.29, 0.717) is 16.4 Å². The van der Waals surface area contributed by atoms with Crippen LogP contribution in [0.25, 0.3) is 0 Å². The molecule has 0 spiro atoms. The van der Waals surface area contributed by atoms with Gasteiger partial charge in [0.1, 0.15) is 0 Å². The Morgan fingerprint density at radius 1 is 0.957 bits per heavy atom. The van der Waals surface area contributed by atoms with Crippen LogP contribution in [0.15, 0.2) is 42.5 Å². The van der Waals surface area contributed by atoms with Crippen molar-refractivity contribution in [1.82, 2.24) is 0 Å². The van der Waals surface area contributed by atoms with Gasteiger partial charge in [0.05, 0.1) is 6.54 Å². The smallest absolute Gasteiger partial charge is 0.243 e. The molecule has 0 saturated carbocycles. The van der Waals surface area contributed by atoms with Gasteiger partial charge in [-0.1, -0.05) is 17.7 Å². The molecule has 0 aliphatic rings. The summed E-state index contributed by atoms with van der Waals surface area (Å²) in [6, 6.07) is 12.5. The Kier molecular flexibility index (Phi) is 5.60. The molecule has 2 aromatic carbocycles. The average Bonchev–Trinajstić information content (AvgIpc) is 2.50. The molecule has 0 aliphatic heterocycles. The zero-order chi connectivity index (χ0) is 16.8. The predicted molar refractivity (Wildman–Crippen MR) is 94.1 cm³/mol. The van der Waals surface area contributed by atoms with Gasteiger partial charge in [0.15, 0.2) is 0 Å². The Morgan fingerprint density at radius 2 is 1.57 bits per heavy atom. The maximum absolute atomic E-state index is 11.9. The highest BCUT2D eigenvalue weighted by atomic mass is 35.5. The first-order valence-electron chi connectivity index (χ1n) is 7.11. The molecule has 2 rings (SSSR count). The van der Waals surface area contributed by atoms with Gasteiger partial charge in [-0.15, -0.1) is 0 Å². The monoisotopic (exact) mass is 331 g/mol. The van der Waals surface area contributed by atoms with Crippen molar-refractivity contribution >= 4 is 40.5 Å². The van der Waals surface area contributed by atoms with Gasteiger partial charge in [0.25, 0.3) is 0 Å². The van der Waals surface area contributed by atoms with Crippen LogP contribution in [0.2, 0.25) is 5.02 Å². The van der Waals surface area contributed by atoms with Gasteiger partial charge in [0.2, 0.25) is 11.8 Å². The molecule has 0 saturated heterocycles. The lowest BCUT2D eigenvalue weighted by Gasteiger charge is -2.09. The molecule has 0 bridgehead atoms.